The Morgan fingerprint density at radius 1 is 1.22 bits per heavy atom. The molecule has 6 atom stereocenters. The monoisotopic (exact) mass is 648 g/mol. The smallest absolute Gasteiger partial charge is 0.459 e. The Morgan fingerprint density at radius 3 is 2.38 bits per heavy atom. The molecule has 2 amide bonds. The van der Waals surface area contributed by atoms with Gasteiger partial charge in [0.2, 0.25) is 0 Å². The number of aliphatic hydroxyl groups is 1. The van der Waals surface area contributed by atoms with Gasteiger partial charge in [0.05, 0.1) is 17.6 Å². The van der Waals surface area contributed by atoms with Crippen molar-refractivity contribution < 1.29 is 47.1 Å². The van der Waals surface area contributed by atoms with Crippen molar-refractivity contribution >= 4 is 25.4 Å². The van der Waals surface area contributed by atoms with Gasteiger partial charge in [0.25, 0.3) is 5.69 Å². The number of urea groups is 1. The molecule has 1 saturated heterocycles. The number of hydrogen-bond donors (Lipinski definition) is 3. The number of non-ortho nitro benzene ring substituents is 1. The lowest BCUT2D eigenvalue weighted by Crippen LogP contribution is -2.53. The molecule has 1 fully saturated rings. The number of rotatable bonds is 12. The van der Waals surface area contributed by atoms with Gasteiger partial charge in [-0.1, -0.05) is 18.7 Å². The third-order valence-electron chi connectivity index (χ3n) is 6.87. The van der Waals surface area contributed by atoms with Gasteiger partial charge in [0.1, 0.15) is 24.0 Å². The molecule has 2 aliphatic rings. The highest BCUT2D eigenvalue weighted by Crippen LogP contribution is 2.47. The van der Waals surface area contributed by atoms with Crippen LogP contribution in [-0.4, -0.2) is 69.8 Å². The van der Waals surface area contributed by atoms with Crippen LogP contribution in [0.1, 0.15) is 27.7 Å². The number of hydrogen-bond acceptors (Lipinski definition) is 10. The highest BCUT2D eigenvalue weighted by Gasteiger charge is 2.57. The molecule has 2 aliphatic heterocycles. The summed E-state index contributed by atoms with van der Waals surface area (Å²) >= 11 is 0. The predicted molar refractivity (Wildman–Crippen MR) is 159 cm³/mol. The van der Waals surface area contributed by atoms with E-state index in [0.717, 1.165) is 11.8 Å². The molecule has 2 aromatic carbocycles. The Hall–Kier alpha value is -4.14. The summed E-state index contributed by atoms with van der Waals surface area (Å²) in [5, 5.41) is 26.6. The molecule has 0 radical (unpaired) electrons. The summed E-state index contributed by atoms with van der Waals surface area (Å²) in [5.41, 5.74) is -0.901. The van der Waals surface area contributed by atoms with Crippen LogP contribution in [0.5, 0.6) is 5.75 Å². The van der Waals surface area contributed by atoms with Gasteiger partial charge in [-0.2, -0.15) is 5.09 Å². The normalized spacial score (nSPS) is 25.0. The number of nitro benzene ring substituents is 1. The molecular weight excluding hydrogens is 614 g/mol. The topological polar surface area (TPSA) is 179 Å². The number of nitro groups is 1. The Morgan fingerprint density at radius 2 is 1.82 bits per heavy atom. The van der Waals surface area contributed by atoms with E-state index in [2.05, 4.69) is 17.0 Å². The fourth-order valence-electron chi connectivity index (χ4n) is 4.53. The minimum absolute atomic E-state index is 0.0531. The van der Waals surface area contributed by atoms with Gasteiger partial charge < -0.3 is 24.4 Å². The van der Waals surface area contributed by atoms with Crippen LogP contribution in [0, 0.1) is 10.1 Å². The number of nitrogens with one attached hydrogen (secondary N) is 2. The zero-order valence-electron chi connectivity index (χ0n) is 24.9. The second kappa shape index (κ2) is 13.5. The molecule has 3 N–H and O–H groups in total. The lowest BCUT2D eigenvalue weighted by atomic mass is 9.98. The van der Waals surface area contributed by atoms with Crippen LogP contribution >= 0.6 is 7.75 Å². The zero-order chi connectivity index (χ0) is 33.1. The van der Waals surface area contributed by atoms with Crippen LogP contribution in [0.25, 0.3) is 11.1 Å². The molecule has 1 unspecified atom stereocenters. The van der Waals surface area contributed by atoms with Crippen LogP contribution < -0.4 is 14.9 Å². The number of benzene rings is 2. The van der Waals surface area contributed by atoms with E-state index in [-0.39, 0.29) is 17.1 Å². The number of alkyl halides is 1. The zero-order valence-corrected chi connectivity index (χ0v) is 25.8. The molecule has 0 spiro atoms. The van der Waals surface area contributed by atoms with Gasteiger partial charge in [-0.25, -0.2) is 13.8 Å². The standard InChI is InChI=1S/C29H34FN4O10P/c1-17(2)42-26(36)19(4)32-45(40,44-23-12-8-21(9-13-23)20-6-10-22(11-7-20)34(38)39)41-16-24-25(35)29(5,30)27(43-24)33-15-14-18(3)31-28(33)37/h6-15,17,19,24-25,27,35H,3,16H2,1-2,4-5H3,(H,31,37)(H,32,40)/t19-,24+,25+,27+,29+,45?/m0/s1. The third kappa shape index (κ3) is 7.93. The van der Waals surface area contributed by atoms with E-state index in [1.165, 1.54) is 43.5 Å². The molecule has 14 nitrogen and oxygen atoms in total. The summed E-state index contributed by atoms with van der Waals surface area (Å²) in [6.45, 7) is 8.65. The maximum atomic E-state index is 15.7. The molecule has 2 heterocycles. The molecule has 0 aliphatic carbocycles. The number of ether oxygens (including phenoxy) is 2. The molecule has 0 aromatic heterocycles. The van der Waals surface area contributed by atoms with E-state index < -0.39 is 67.5 Å². The maximum Gasteiger partial charge on any atom is 0.459 e. The molecule has 242 valence electrons. The number of amides is 2. The third-order valence-corrected chi connectivity index (χ3v) is 8.51. The number of carbonyl (C=O) groups is 2. The van der Waals surface area contributed by atoms with Crippen molar-refractivity contribution in [1.82, 2.24) is 15.3 Å². The van der Waals surface area contributed by atoms with Crippen LogP contribution in [0.2, 0.25) is 0 Å². The van der Waals surface area contributed by atoms with E-state index >= 15 is 4.39 Å². The van der Waals surface area contributed by atoms with E-state index in [9.17, 15) is 29.4 Å². The van der Waals surface area contributed by atoms with E-state index in [1.807, 2.05) is 0 Å². The predicted octanol–water partition coefficient (Wildman–Crippen LogP) is 4.56. The van der Waals surface area contributed by atoms with Gasteiger partial charge in [0.15, 0.2) is 11.9 Å². The number of aliphatic hydroxyl groups excluding tert-OH is 1. The first-order valence-corrected chi connectivity index (χ1v) is 15.4. The van der Waals surface area contributed by atoms with Crippen molar-refractivity contribution in [2.24, 2.45) is 0 Å². The Bertz CT molecular complexity index is 1520. The second-order valence-corrected chi connectivity index (χ2v) is 12.5. The van der Waals surface area contributed by atoms with Crippen molar-refractivity contribution in [3.05, 3.63) is 83.2 Å². The van der Waals surface area contributed by atoms with Crippen molar-refractivity contribution in [2.45, 2.75) is 63.9 Å². The van der Waals surface area contributed by atoms with Crippen molar-refractivity contribution in [1.29, 1.82) is 0 Å². The average Bonchev–Trinajstić information content (AvgIpc) is 3.19. The first-order valence-electron chi connectivity index (χ1n) is 13.9. The fraction of sp³-hybridized carbons (Fsp3) is 0.379. The van der Waals surface area contributed by atoms with Gasteiger partial charge in [-0.15, -0.1) is 0 Å². The quantitative estimate of drug-likeness (QED) is 0.127. The highest BCUT2D eigenvalue weighted by molar-refractivity contribution is 7.52. The molecular formula is C29H34FN4O10P. The summed E-state index contributed by atoms with van der Waals surface area (Å²) < 4.78 is 51.8. The molecule has 0 bridgehead atoms. The number of carbonyl (C=O) groups excluding carboxylic acids is 2. The Labute approximate surface area is 258 Å². The number of esters is 1. The van der Waals surface area contributed by atoms with Crippen molar-refractivity contribution in [2.75, 3.05) is 6.61 Å². The summed E-state index contributed by atoms with van der Waals surface area (Å²) in [6.07, 6.45) is -2.56. The number of halogens is 1. The highest BCUT2D eigenvalue weighted by atomic mass is 31.2. The van der Waals surface area contributed by atoms with Gasteiger partial charge in [0, 0.05) is 24.0 Å². The minimum Gasteiger partial charge on any atom is -0.462 e. The van der Waals surface area contributed by atoms with Crippen molar-refractivity contribution in [3.63, 3.8) is 0 Å². The molecule has 4 rings (SSSR count). The Balaban J connectivity index is 1.52. The van der Waals surface area contributed by atoms with Crippen LogP contribution in [0.3, 0.4) is 0 Å². The lowest BCUT2D eigenvalue weighted by Gasteiger charge is -2.33. The van der Waals surface area contributed by atoms with Crippen LogP contribution in [0.15, 0.2) is 73.1 Å². The molecule has 0 saturated carbocycles. The minimum atomic E-state index is -4.45. The largest absolute Gasteiger partial charge is 0.462 e. The molecule has 16 heteroatoms. The number of nitrogens with zero attached hydrogens (tertiary/aromatic N) is 2. The summed E-state index contributed by atoms with van der Waals surface area (Å²) in [6, 6.07) is 10.1. The Kier molecular flexibility index (Phi) is 10.1. The first kappa shape index (κ1) is 33.7. The van der Waals surface area contributed by atoms with Crippen molar-refractivity contribution in [3.8, 4) is 16.9 Å². The second-order valence-electron chi connectivity index (χ2n) is 10.9. The lowest BCUT2D eigenvalue weighted by molar-refractivity contribution is -0.384. The maximum absolute atomic E-state index is 15.7. The summed E-state index contributed by atoms with van der Waals surface area (Å²) in [4.78, 5) is 36.3. The first-order chi connectivity index (χ1) is 21.1. The van der Waals surface area contributed by atoms with Gasteiger partial charge in [-0.3, -0.25) is 24.3 Å². The van der Waals surface area contributed by atoms with Gasteiger partial charge >= 0.3 is 19.7 Å². The molecule has 2 aromatic rings. The van der Waals surface area contributed by atoms with Crippen LogP contribution in [-0.2, 0) is 23.4 Å². The fourth-order valence-corrected chi connectivity index (χ4v) is 6.03. The van der Waals surface area contributed by atoms with E-state index in [1.54, 1.807) is 38.1 Å². The number of allylic oxidation sites excluding steroid dienone is 1. The average molecular weight is 649 g/mol. The van der Waals surface area contributed by atoms with Crippen LogP contribution in [0.4, 0.5) is 14.9 Å². The SMILES string of the molecule is C=C1C=CN([C@@H]2O[C@H](COP(=O)(N[C@@H](C)C(=O)OC(C)C)Oc3ccc(-c4ccc([N+](=O)[O-])cc4)cc3)[C@@H](O)[C@@]2(C)F)C(=O)N1. The van der Waals surface area contributed by atoms with Gasteiger partial charge in [-0.05, 0) is 69.2 Å². The molecule has 45 heavy (non-hydrogen) atoms. The summed E-state index contributed by atoms with van der Waals surface area (Å²) in [7, 11) is -4.45. The van der Waals surface area contributed by atoms with E-state index in [0.29, 0.717) is 11.1 Å². The van der Waals surface area contributed by atoms with E-state index in [4.69, 9.17) is 18.5 Å². The summed E-state index contributed by atoms with van der Waals surface area (Å²) in [5.74, 6) is -0.693.